The Balaban J connectivity index is 1.54. The first kappa shape index (κ1) is 37.7. The van der Waals surface area contributed by atoms with Crippen LogP contribution in [-0.2, 0) is 28.4 Å². The Morgan fingerprint density at radius 3 is 2.22 bits per heavy atom. The molecule has 1 aliphatic heterocycles. The van der Waals surface area contributed by atoms with Crippen LogP contribution >= 0.6 is 0 Å². The molecule has 1 aromatic carbocycles. The van der Waals surface area contributed by atoms with Gasteiger partial charge in [-0.1, -0.05) is 24.4 Å². The summed E-state index contributed by atoms with van der Waals surface area (Å²) < 4.78 is 98.4. The molecule has 3 aromatic rings. The van der Waals surface area contributed by atoms with Crippen LogP contribution < -0.4 is 10.2 Å². The Morgan fingerprint density at radius 1 is 1.02 bits per heavy atom. The van der Waals surface area contributed by atoms with Crippen molar-refractivity contribution in [3.05, 3.63) is 58.5 Å². The molecule has 2 atom stereocenters. The topological polar surface area (TPSA) is 110 Å². The van der Waals surface area contributed by atoms with Crippen LogP contribution in [0.3, 0.4) is 0 Å². The molecule has 5 rings (SSSR count). The number of hydrogen-bond acceptors (Lipinski definition) is 8. The zero-order valence-corrected chi connectivity index (χ0v) is 29.2. The molecule has 0 bridgehead atoms. The van der Waals surface area contributed by atoms with Crippen LogP contribution in [0.5, 0.6) is 0 Å². The van der Waals surface area contributed by atoms with E-state index in [1.807, 2.05) is 6.92 Å². The molecule has 0 radical (unpaired) electrons. The number of benzene rings is 1. The number of nitrogens with zero attached hydrogens (tertiary/aromatic N) is 4. The molecule has 10 nitrogen and oxygen atoms in total. The first-order valence-electron chi connectivity index (χ1n) is 16.8. The number of alkyl halides is 6. The fourth-order valence-electron chi connectivity index (χ4n) is 6.67. The van der Waals surface area contributed by atoms with E-state index >= 15 is 0 Å². The van der Waals surface area contributed by atoms with Gasteiger partial charge >= 0.3 is 24.5 Å². The molecule has 2 aromatic heterocycles. The maximum Gasteiger partial charge on any atom is 0.416 e. The largest absolute Gasteiger partial charge is 0.444 e. The maximum absolute atomic E-state index is 13.7. The molecule has 2 fully saturated rings. The Morgan fingerprint density at radius 2 is 1.65 bits per heavy atom. The quantitative estimate of drug-likeness (QED) is 0.229. The Labute approximate surface area is 291 Å². The van der Waals surface area contributed by atoms with Gasteiger partial charge in [0.05, 0.1) is 29.3 Å². The van der Waals surface area contributed by atoms with Crippen LogP contribution in [-0.4, -0.2) is 51.5 Å². The number of anilines is 2. The molecule has 0 spiro atoms. The summed E-state index contributed by atoms with van der Waals surface area (Å²) in [6, 6.07) is 2.14. The number of amides is 2. The van der Waals surface area contributed by atoms with E-state index < -0.39 is 59.0 Å². The van der Waals surface area contributed by atoms with Crippen molar-refractivity contribution in [3.63, 3.8) is 0 Å². The predicted octanol–water partition coefficient (Wildman–Crippen LogP) is 9.67. The van der Waals surface area contributed by atoms with Crippen molar-refractivity contribution in [1.29, 1.82) is 0 Å². The van der Waals surface area contributed by atoms with Crippen molar-refractivity contribution >= 4 is 23.8 Å². The first-order chi connectivity index (χ1) is 23.8. The second-order valence-corrected chi connectivity index (χ2v) is 13.9. The Hall–Kier alpha value is -4.50. The zero-order valence-electron chi connectivity index (χ0n) is 29.2. The van der Waals surface area contributed by atoms with Crippen LogP contribution in [0.2, 0.25) is 0 Å². The summed E-state index contributed by atoms with van der Waals surface area (Å²) in [5.74, 6) is 0.979. The van der Waals surface area contributed by atoms with E-state index in [9.17, 15) is 35.9 Å². The van der Waals surface area contributed by atoms with E-state index in [2.05, 4.69) is 15.4 Å². The lowest BCUT2D eigenvalue weighted by Crippen LogP contribution is -2.39. The molecule has 2 aliphatic rings. The lowest BCUT2D eigenvalue weighted by atomic mass is 9.93. The molecule has 2 amide bonds. The van der Waals surface area contributed by atoms with Crippen LogP contribution in [0, 0.1) is 6.92 Å². The van der Waals surface area contributed by atoms with Gasteiger partial charge in [0.25, 0.3) is 0 Å². The molecule has 16 heteroatoms. The minimum atomic E-state index is -5.07. The van der Waals surface area contributed by atoms with Gasteiger partial charge in [-0.3, -0.25) is 10.2 Å². The number of nitrogens with one attached hydrogen (secondary N) is 1. The summed E-state index contributed by atoms with van der Waals surface area (Å²) in [7, 11) is 0. The molecule has 1 N–H and O–H groups in total. The monoisotopic (exact) mass is 725 g/mol. The molecule has 51 heavy (non-hydrogen) atoms. The average molecular weight is 726 g/mol. The highest BCUT2D eigenvalue weighted by Gasteiger charge is 2.44. The number of aryl methyl sites for hydroxylation is 1. The minimum Gasteiger partial charge on any atom is -0.444 e. The Kier molecular flexibility index (Phi) is 10.6. The van der Waals surface area contributed by atoms with Gasteiger partial charge < -0.3 is 18.9 Å². The normalized spacial score (nSPS) is 18.9. The standard InChI is InChI=1S/C35H41F6N5O5/c1-7-45(26-11-9-8-10-12-26)30-23(13-22(17-42-30)27-20(3)51-44-29(27)43-31(47)50-33(4,5)6)18-46-19(2)28(49-32(46)48)21-14-24(34(36,37)38)16-25(15-21)35(39,40)41/h13-17,19,26,28H,7-12,18H2,1-6H3,(H,43,44,47)/t19-,28?/m0/s1. The van der Waals surface area contributed by atoms with Crippen molar-refractivity contribution in [2.45, 2.75) is 116 Å². The summed E-state index contributed by atoms with van der Waals surface area (Å²) in [4.78, 5) is 34.2. The number of halogens is 6. The van der Waals surface area contributed by atoms with E-state index in [-0.39, 0.29) is 24.5 Å². The summed E-state index contributed by atoms with van der Waals surface area (Å²) in [5, 5.41) is 6.59. The first-order valence-corrected chi connectivity index (χ1v) is 16.8. The van der Waals surface area contributed by atoms with Crippen LogP contribution in [0.1, 0.15) is 101 Å². The van der Waals surface area contributed by atoms with Crippen molar-refractivity contribution < 1.29 is 49.9 Å². The highest BCUT2D eigenvalue weighted by molar-refractivity contribution is 5.90. The number of ether oxygens (including phenoxy) is 2. The zero-order chi connectivity index (χ0) is 37.5. The van der Waals surface area contributed by atoms with E-state index in [0.29, 0.717) is 46.9 Å². The van der Waals surface area contributed by atoms with Crippen molar-refractivity contribution in [2.75, 3.05) is 16.8 Å². The number of rotatable bonds is 8. The summed E-state index contributed by atoms with van der Waals surface area (Å²) in [6.45, 7) is 10.7. The van der Waals surface area contributed by atoms with Crippen LogP contribution in [0.15, 0.2) is 35.0 Å². The molecule has 1 unspecified atom stereocenters. The molecule has 1 saturated heterocycles. The van der Waals surface area contributed by atoms with E-state index in [1.165, 1.54) is 11.8 Å². The van der Waals surface area contributed by atoms with Gasteiger partial charge in [0.2, 0.25) is 0 Å². The van der Waals surface area contributed by atoms with E-state index in [1.54, 1.807) is 40.0 Å². The SMILES string of the molecule is CCN(c1ncc(-c2c(NC(=O)OC(C)(C)C)noc2C)cc1CN1C(=O)OC(c2cc(C(F)(F)F)cc(C(F)(F)F)c2)[C@@H]1C)C1CCCCC1. The van der Waals surface area contributed by atoms with Gasteiger partial charge in [-0.15, -0.1) is 0 Å². The number of pyridine rings is 1. The summed E-state index contributed by atoms with van der Waals surface area (Å²) in [5.41, 5.74) is -2.80. The predicted molar refractivity (Wildman–Crippen MR) is 175 cm³/mol. The third-order valence-corrected chi connectivity index (χ3v) is 9.01. The summed E-state index contributed by atoms with van der Waals surface area (Å²) in [6.07, 6.45) is -6.62. The second-order valence-electron chi connectivity index (χ2n) is 13.9. The highest BCUT2D eigenvalue weighted by atomic mass is 19.4. The minimum absolute atomic E-state index is 0.0371. The van der Waals surface area contributed by atoms with Crippen molar-refractivity contribution in [3.8, 4) is 11.1 Å². The number of carbonyl (C=O) groups excluding carboxylic acids is 2. The van der Waals surface area contributed by atoms with Crippen LogP contribution in [0.4, 0.5) is 47.6 Å². The number of cyclic esters (lactones) is 1. The molecule has 3 heterocycles. The van der Waals surface area contributed by atoms with Gasteiger partial charge in [0.1, 0.15) is 23.3 Å². The van der Waals surface area contributed by atoms with E-state index in [0.717, 1.165) is 32.1 Å². The van der Waals surface area contributed by atoms with Gasteiger partial charge in [0, 0.05) is 29.9 Å². The number of hydrogen-bond donors (Lipinski definition) is 1. The van der Waals surface area contributed by atoms with Gasteiger partial charge in [0.15, 0.2) is 5.82 Å². The third kappa shape index (κ3) is 8.52. The fourth-order valence-corrected chi connectivity index (χ4v) is 6.67. The third-order valence-electron chi connectivity index (χ3n) is 9.01. The van der Waals surface area contributed by atoms with Gasteiger partial charge in [-0.05, 0) is 84.2 Å². The number of aromatic nitrogens is 2. The highest BCUT2D eigenvalue weighted by Crippen LogP contribution is 2.42. The molecular formula is C35H41F6N5O5. The second kappa shape index (κ2) is 14.3. The lowest BCUT2D eigenvalue weighted by molar-refractivity contribution is -0.143. The number of carbonyl (C=O) groups is 2. The van der Waals surface area contributed by atoms with Gasteiger partial charge in [-0.2, -0.15) is 26.3 Å². The van der Waals surface area contributed by atoms with Crippen molar-refractivity contribution in [1.82, 2.24) is 15.0 Å². The van der Waals surface area contributed by atoms with E-state index in [4.69, 9.17) is 19.0 Å². The average Bonchev–Trinajstić information content (AvgIpc) is 3.53. The Bertz CT molecular complexity index is 1710. The maximum atomic E-state index is 13.7. The molecule has 1 saturated carbocycles. The van der Waals surface area contributed by atoms with Crippen molar-refractivity contribution in [2.24, 2.45) is 0 Å². The molecular weight excluding hydrogens is 684 g/mol. The fraction of sp³-hybridized carbons (Fsp3) is 0.543. The van der Waals surface area contributed by atoms with Crippen LogP contribution in [0.25, 0.3) is 11.1 Å². The van der Waals surface area contributed by atoms with Gasteiger partial charge in [-0.25, -0.2) is 14.6 Å². The summed E-state index contributed by atoms with van der Waals surface area (Å²) >= 11 is 0. The lowest BCUT2D eigenvalue weighted by Gasteiger charge is -2.36. The smallest absolute Gasteiger partial charge is 0.416 e. The molecule has 1 aliphatic carbocycles. The molecule has 278 valence electrons.